The summed E-state index contributed by atoms with van der Waals surface area (Å²) < 4.78 is 17.0. The Kier molecular flexibility index (Phi) is 3.03. The van der Waals surface area contributed by atoms with E-state index in [1.165, 1.54) is 6.33 Å². The van der Waals surface area contributed by atoms with E-state index in [-0.39, 0.29) is 5.41 Å². The number of anilines is 1. The van der Waals surface area contributed by atoms with Crippen LogP contribution in [0.2, 0.25) is 0 Å². The van der Waals surface area contributed by atoms with E-state index in [1.54, 1.807) is 7.11 Å². The van der Waals surface area contributed by atoms with Gasteiger partial charge in [0, 0.05) is 31.0 Å². The van der Waals surface area contributed by atoms with Gasteiger partial charge in [0.15, 0.2) is 0 Å². The van der Waals surface area contributed by atoms with Crippen molar-refractivity contribution in [3.63, 3.8) is 0 Å². The molecule has 0 amide bonds. The van der Waals surface area contributed by atoms with E-state index < -0.39 is 0 Å². The van der Waals surface area contributed by atoms with Crippen LogP contribution in [0.15, 0.2) is 16.8 Å². The second-order valence-corrected chi connectivity index (χ2v) is 6.89. The van der Waals surface area contributed by atoms with Crippen LogP contribution in [0.5, 0.6) is 5.88 Å². The SMILES string of the molecule is COc1cc(N2C[C@@H]3COC[C@]3(c3nnc(C4CC4)o3)C2)ncn1. The Bertz CT molecular complexity index is 762. The summed E-state index contributed by atoms with van der Waals surface area (Å²) >= 11 is 0. The topological polar surface area (TPSA) is 86.4 Å². The minimum Gasteiger partial charge on any atom is -0.481 e. The highest BCUT2D eigenvalue weighted by Crippen LogP contribution is 2.46. The fourth-order valence-corrected chi connectivity index (χ4v) is 3.76. The smallest absolute Gasteiger partial charge is 0.227 e. The molecule has 2 atom stereocenters. The van der Waals surface area contributed by atoms with Gasteiger partial charge < -0.3 is 18.8 Å². The van der Waals surface area contributed by atoms with Gasteiger partial charge >= 0.3 is 0 Å². The molecule has 0 radical (unpaired) electrons. The van der Waals surface area contributed by atoms with Crippen molar-refractivity contribution in [2.24, 2.45) is 5.92 Å². The molecule has 4 heterocycles. The van der Waals surface area contributed by atoms with Crippen molar-refractivity contribution in [3.8, 4) is 5.88 Å². The predicted octanol–water partition coefficient (Wildman–Crippen LogP) is 1.15. The summed E-state index contributed by atoms with van der Waals surface area (Å²) in [5.41, 5.74) is -0.238. The molecule has 5 rings (SSSR count). The van der Waals surface area contributed by atoms with Crippen molar-refractivity contribution in [3.05, 3.63) is 24.2 Å². The number of hydrogen-bond donors (Lipinski definition) is 0. The fraction of sp³-hybridized carbons (Fsp3) is 0.625. The lowest BCUT2D eigenvalue weighted by atomic mass is 9.81. The quantitative estimate of drug-likeness (QED) is 0.825. The van der Waals surface area contributed by atoms with Crippen molar-refractivity contribution < 1.29 is 13.9 Å². The van der Waals surface area contributed by atoms with Gasteiger partial charge in [0.25, 0.3) is 0 Å². The minimum absolute atomic E-state index is 0.238. The molecule has 2 saturated heterocycles. The third-order valence-corrected chi connectivity index (χ3v) is 5.33. The summed E-state index contributed by atoms with van der Waals surface area (Å²) in [5.74, 6) is 3.72. The van der Waals surface area contributed by atoms with Crippen LogP contribution in [0, 0.1) is 5.92 Å². The zero-order chi connectivity index (χ0) is 16.1. The maximum atomic E-state index is 6.04. The lowest BCUT2D eigenvalue weighted by Gasteiger charge is -2.23. The van der Waals surface area contributed by atoms with Crippen molar-refractivity contribution >= 4 is 5.82 Å². The molecular formula is C16H19N5O3. The average molecular weight is 329 g/mol. The first kappa shape index (κ1) is 14.2. The first-order chi connectivity index (χ1) is 11.8. The first-order valence-electron chi connectivity index (χ1n) is 8.31. The summed E-state index contributed by atoms with van der Waals surface area (Å²) in [6.45, 7) is 2.92. The van der Waals surface area contributed by atoms with Crippen LogP contribution in [0.4, 0.5) is 5.82 Å². The first-order valence-corrected chi connectivity index (χ1v) is 8.31. The molecule has 24 heavy (non-hydrogen) atoms. The Labute approximate surface area is 139 Å². The number of methoxy groups -OCH3 is 1. The molecule has 2 aliphatic heterocycles. The summed E-state index contributed by atoms with van der Waals surface area (Å²) in [5, 5.41) is 8.64. The summed E-state index contributed by atoms with van der Waals surface area (Å²) in [6, 6.07) is 1.86. The molecule has 1 saturated carbocycles. The largest absolute Gasteiger partial charge is 0.481 e. The molecule has 0 N–H and O–H groups in total. The summed E-state index contributed by atoms with van der Waals surface area (Å²) in [6.07, 6.45) is 3.84. The van der Waals surface area contributed by atoms with Crippen LogP contribution < -0.4 is 9.64 Å². The number of aromatic nitrogens is 4. The Morgan fingerprint density at radius 2 is 2.21 bits per heavy atom. The van der Waals surface area contributed by atoms with E-state index in [9.17, 15) is 0 Å². The Hall–Kier alpha value is -2.22. The molecule has 0 spiro atoms. The van der Waals surface area contributed by atoms with Crippen molar-refractivity contribution in [1.82, 2.24) is 20.2 Å². The summed E-state index contributed by atoms with van der Waals surface area (Å²) in [4.78, 5) is 10.7. The van der Waals surface area contributed by atoms with E-state index in [0.717, 1.165) is 43.5 Å². The van der Waals surface area contributed by atoms with Gasteiger partial charge in [0.1, 0.15) is 12.1 Å². The zero-order valence-electron chi connectivity index (χ0n) is 13.5. The Balaban J connectivity index is 1.46. The fourth-order valence-electron chi connectivity index (χ4n) is 3.76. The van der Waals surface area contributed by atoms with E-state index in [4.69, 9.17) is 13.9 Å². The zero-order valence-corrected chi connectivity index (χ0v) is 13.5. The highest BCUT2D eigenvalue weighted by Gasteiger charge is 2.56. The number of nitrogens with zero attached hydrogens (tertiary/aromatic N) is 5. The second kappa shape index (κ2) is 5.14. The number of ether oxygens (including phenoxy) is 2. The van der Waals surface area contributed by atoms with Gasteiger partial charge in [0.2, 0.25) is 17.7 Å². The molecule has 1 aliphatic carbocycles. The van der Waals surface area contributed by atoms with E-state index in [0.29, 0.717) is 30.9 Å². The molecular weight excluding hydrogens is 310 g/mol. The summed E-state index contributed by atoms with van der Waals surface area (Å²) in [7, 11) is 1.61. The molecule has 2 aromatic heterocycles. The highest BCUT2D eigenvalue weighted by atomic mass is 16.5. The van der Waals surface area contributed by atoms with Crippen LogP contribution in [0.1, 0.15) is 30.5 Å². The van der Waals surface area contributed by atoms with Crippen LogP contribution in [-0.4, -0.2) is 53.6 Å². The van der Waals surface area contributed by atoms with E-state index in [1.807, 2.05) is 6.07 Å². The van der Waals surface area contributed by atoms with E-state index >= 15 is 0 Å². The van der Waals surface area contributed by atoms with E-state index in [2.05, 4.69) is 25.1 Å². The van der Waals surface area contributed by atoms with Crippen LogP contribution in [0.3, 0.4) is 0 Å². The number of hydrogen-bond acceptors (Lipinski definition) is 8. The van der Waals surface area contributed by atoms with Crippen molar-refractivity contribution in [2.75, 3.05) is 38.3 Å². The molecule has 126 valence electrons. The van der Waals surface area contributed by atoms with Crippen LogP contribution in [-0.2, 0) is 10.2 Å². The third-order valence-electron chi connectivity index (χ3n) is 5.33. The predicted molar refractivity (Wildman–Crippen MR) is 83.1 cm³/mol. The average Bonchev–Trinajstić information content (AvgIpc) is 3.05. The number of fused-ring (bicyclic) bond motifs is 1. The molecule has 2 aromatic rings. The minimum atomic E-state index is -0.238. The maximum absolute atomic E-state index is 6.04. The second-order valence-electron chi connectivity index (χ2n) is 6.89. The normalized spacial score (nSPS) is 29.0. The van der Waals surface area contributed by atoms with Gasteiger partial charge in [-0.05, 0) is 12.8 Å². The molecule has 3 aliphatic rings. The van der Waals surface area contributed by atoms with Crippen LogP contribution in [0.25, 0.3) is 0 Å². The van der Waals surface area contributed by atoms with Gasteiger partial charge in [0.05, 0.1) is 25.7 Å². The molecule has 3 fully saturated rings. The molecule has 8 nitrogen and oxygen atoms in total. The maximum Gasteiger partial charge on any atom is 0.227 e. The Morgan fingerprint density at radius 3 is 3.04 bits per heavy atom. The Morgan fingerprint density at radius 1 is 1.29 bits per heavy atom. The highest BCUT2D eigenvalue weighted by molar-refractivity contribution is 5.45. The van der Waals surface area contributed by atoms with Crippen molar-refractivity contribution in [1.29, 1.82) is 0 Å². The van der Waals surface area contributed by atoms with Gasteiger partial charge in [-0.3, -0.25) is 0 Å². The van der Waals surface area contributed by atoms with Crippen LogP contribution >= 0.6 is 0 Å². The lowest BCUT2D eigenvalue weighted by molar-refractivity contribution is 0.166. The monoisotopic (exact) mass is 329 g/mol. The van der Waals surface area contributed by atoms with Gasteiger partial charge in [-0.15, -0.1) is 10.2 Å². The third kappa shape index (κ3) is 2.09. The lowest BCUT2D eigenvalue weighted by Crippen LogP contribution is -2.36. The van der Waals surface area contributed by atoms with Gasteiger partial charge in [-0.1, -0.05) is 0 Å². The molecule has 8 heteroatoms. The standard InChI is InChI=1S/C16H19N5O3/c1-22-13-4-12(17-9-18-13)21-5-11-6-23-8-16(11,7-21)15-20-19-14(24-15)10-2-3-10/h4,9-11H,2-3,5-8H2,1H3/t11-,16-/m1/s1. The van der Waals surface area contributed by atoms with Crippen molar-refractivity contribution in [2.45, 2.75) is 24.2 Å². The van der Waals surface area contributed by atoms with Gasteiger partial charge in [-0.25, -0.2) is 9.97 Å². The molecule has 0 bridgehead atoms. The van der Waals surface area contributed by atoms with Gasteiger partial charge in [-0.2, -0.15) is 0 Å². The molecule has 0 unspecified atom stereocenters. The molecule has 0 aromatic carbocycles. The number of rotatable bonds is 4.